The van der Waals surface area contributed by atoms with Gasteiger partial charge in [0, 0.05) is 5.02 Å². The molecule has 138 valence electrons. The lowest BCUT2D eigenvalue weighted by molar-refractivity contribution is -0.123. The number of thioether (sulfide) groups is 1. The Morgan fingerprint density at radius 1 is 1.19 bits per heavy atom. The Morgan fingerprint density at radius 3 is 2.59 bits per heavy atom. The largest absolute Gasteiger partial charge is 0.484 e. The van der Waals surface area contributed by atoms with Crippen molar-refractivity contribution in [2.75, 3.05) is 6.61 Å². The van der Waals surface area contributed by atoms with Gasteiger partial charge in [0.25, 0.3) is 17.1 Å². The summed E-state index contributed by atoms with van der Waals surface area (Å²) in [7, 11) is 0. The summed E-state index contributed by atoms with van der Waals surface area (Å²) in [6.07, 6.45) is 1.64. The number of primary amides is 1. The van der Waals surface area contributed by atoms with Crippen LogP contribution in [0.4, 0.5) is 4.79 Å². The molecule has 1 aliphatic heterocycles. The van der Waals surface area contributed by atoms with Crippen LogP contribution in [-0.2, 0) is 16.1 Å². The van der Waals surface area contributed by atoms with Gasteiger partial charge < -0.3 is 10.5 Å². The first kappa shape index (κ1) is 19.0. The minimum absolute atomic E-state index is 0.169. The molecule has 6 nitrogen and oxygen atoms in total. The summed E-state index contributed by atoms with van der Waals surface area (Å²) in [6.45, 7) is -0.0375. The Morgan fingerprint density at radius 2 is 1.93 bits per heavy atom. The van der Waals surface area contributed by atoms with Gasteiger partial charge in [0.05, 0.1) is 11.4 Å². The van der Waals surface area contributed by atoms with E-state index in [2.05, 4.69) is 0 Å². The van der Waals surface area contributed by atoms with E-state index in [0.29, 0.717) is 15.7 Å². The molecule has 3 rings (SSSR count). The van der Waals surface area contributed by atoms with Crippen molar-refractivity contribution in [1.82, 2.24) is 4.90 Å². The molecule has 0 aliphatic carbocycles. The van der Waals surface area contributed by atoms with Gasteiger partial charge in [-0.25, -0.2) is 0 Å². The molecular formula is C19H15ClN2O4S. The highest BCUT2D eigenvalue weighted by molar-refractivity contribution is 8.18. The molecule has 1 fully saturated rings. The summed E-state index contributed by atoms with van der Waals surface area (Å²) in [5.41, 5.74) is 6.54. The van der Waals surface area contributed by atoms with Gasteiger partial charge in [-0.05, 0) is 53.2 Å². The van der Waals surface area contributed by atoms with Crippen LogP contribution in [-0.4, -0.2) is 28.6 Å². The first-order chi connectivity index (χ1) is 12.9. The molecule has 27 heavy (non-hydrogen) atoms. The van der Waals surface area contributed by atoms with Crippen molar-refractivity contribution in [2.24, 2.45) is 5.73 Å². The van der Waals surface area contributed by atoms with Crippen LogP contribution in [0.25, 0.3) is 6.08 Å². The number of carbonyl (C=O) groups is 3. The number of halogens is 1. The molecule has 8 heteroatoms. The van der Waals surface area contributed by atoms with Crippen molar-refractivity contribution < 1.29 is 19.1 Å². The van der Waals surface area contributed by atoms with Crippen molar-refractivity contribution in [3.8, 4) is 5.75 Å². The van der Waals surface area contributed by atoms with Crippen LogP contribution in [0.2, 0.25) is 5.02 Å². The Bertz CT molecular complexity index is 928. The zero-order valence-electron chi connectivity index (χ0n) is 14.1. The average Bonchev–Trinajstić information content (AvgIpc) is 2.89. The van der Waals surface area contributed by atoms with Gasteiger partial charge in [-0.15, -0.1) is 0 Å². The van der Waals surface area contributed by atoms with Crippen LogP contribution in [0.1, 0.15) is 11.1 Å². The minimum Gasteiger partial charge on any atom is -0.484 e. The number of nitrogens with two attached hydrogens (primary N) is 1. The van der Waals surface area contributed by atoms with Gasteiger partial charge >= 0.3 is 0 Å². The van der Waals surface area contributed by atoms with Crippen molar-refractivity contribution in [3.63, 3.8) is 0 Å². The van der Waals surface area contributed by atoms with E-state index < -0.39 is 5.91 Å². The fourth-order valence-corrected chi connectivity index (χ4v) is 3.47. The number of hydrogen-bond donors (Lipinski definition) is 1. The number of amides is 3. The normalized spacial score (nSPS) is 15.4. The average molecular weight is 403 g/mol. The minimum atomic E-state index is -0.563. The second-order valence-corrected chi connectivity index (χ2v) is 7.15. The van der Waals surface area contributed by atoms with Crippen molar-refractivity contribution >= 4 is 46.5 Å². The van der Waals surface area contributed by atoms with E-state index in [-0.39, 0.29) is 24.3 Å². The second-order valence-electron chi connectivity index (χ2n) is 5.72. The number of imide groups is 1. The lowest BCUT2D eigenvalue weighted by Gasteiger charge is -2.12. The molecule has 2 aromatic rings. The molecule has 0 bridgehead atoms. The summed E-state index contributed by atoms with van der Waals surface area (Å²) in [6, 6.07) is 13.8. The summed E-state index contributed by atoms with van der Waals surface area (Å²) in [5.74, 6) is -0.425. The van der Waals surface area contributed by atoms with E-state index in [4.69, 9.17) is 22.1 Å². The monoisotopic (exact) mass is 402 g/mol. The van der Waals surface area contributed by atoms with Gasteiger partial charge in [-0.3, -0.25) is 19.3 Å². The standard InChI is InChI=1S/C19H15ClN2O4S/c20-14-3-1-2-13(8-14)10-22-18(24)16(27-19(22)25)9-12-4-6-15(7-5-12)26-11-17(21)23/h1-9H,10-11H2,(H2,21,23)/b16-9-. The molecule has 1 heterocycles. The highest BCUT2D eigenvalue weighted by Crippen LogP contribution is 2.33. The van der Waals surface area contributed by atoms with Crippen LogP contribution in [0, 0.1) is 0 Å². The molecule has 0 spiro atoms. The Kier molecular flexibility index (Phi) is 5.83. The van der Waals surface area contributed by atoms with E-state index >= 15 is 0 Å². The van der Waals surface area contributed by atoms with E-state index in [1.807, 2.05) is 6.07 Å². The van der Waals surface area contributed by atoms with Gasteiger partial charge in [0.2, 0.25) is 0 Å². The molecule has 0 atom stereocenters. The van der Waals surface area contributed by atoms with Gasteiger partial charge in [0.1, 0.15) is 5.75 Å². The first-order valence-electron chi connectivity index (χ1n) is 7.93. The van der Waals surface area contributed by atoms with Crippen LogP contribution >= 0.6 is 23.4 Å². The highest BCUT2D eigenvalue weighted by atomic mass is 35.5. The number of nitrogens with zero attached hydrogens (tertiary/aromatic N) is 1. The maximum absolute atomic E-state index is 12.6. The maximum Gasteiger partial charge on any atom is 0.293 e. The summed E-state index contributed by atoms with van der Waals surface area (Å²) in [5, 5.41) is 0.223. The fourth-order valence-electron chi connectivity index (χ4n) is 2.42. The number of rotatable bonds is 6. The maximum atomic E-state index is 12.6. The molecular weight excluding hydrogens is 388 g/mol. The predicted octanol–water partition coefficient (Wildman–Crippen LogP) is 3.44. The molecule has 2 N–H and O–H groups in total. The van der Waals surface area contributed by atoms with Crippen molar-refractivity contribution in [2.45, 2.75) is 6.54 Å². The number of benzene rings is 2. The number of hydrogen-bond acceptors (Lipinski definition) is 5. The Hall–Kier alpha value is -2.77. The smallest absolute Gasteiger partial charge is 0.293 e. The Balaban J connectivity index is 1.71. The molecule has 1 aliphatic rings. The van der Waals surface area contributed by atoms with Crippen LogP contribution < -0.4 is 10.5 Å². The number of carbonyl (C=O) groups excluding carboxylic acids is 3. The van der Waals surface area contributed by atoms with Crippen molar-refractivity contribution in [1.29, 1.82) is 0 Å². The quantitative estimate of drug-likeness (QED) is 0.747. The lowest BCUT2D eigenvalue weighted by Crippen LogP contribution is -2.27. The fraction of sp³-hybridized carbons (Fsp3) is 0.105. The Labute approximate surface area is 164 Å². The molecule has 0 unspecified atom stereocenters. The SMILES string of the molecule is NC(=O)COc1ccc(/C=C2\SC(=O)N(Cc3cccc(Cl)c3)C2=O)cc1. The van der Waals surface area contributed by atoms with E-state index in [9.17, 15) is 14.4 Å². The first-order valence-corrected chi connectivity index (χ1v) is 9.13. The molecule has 3 amide bonds. The molecule has 0 saturated carbocycles. The molecule has 1 saturated heterocycles. The third-order valence-electron chi connectivity index (χ3n) is 3.66. The predicted molar refractivity (Wildman–Crippen MR) is 104 cm³/mol. The van der Waals surface area contributed by atoms with E-state index in [0.717, 1.165) is 22.9 Å². The molecule has 2 aromatic carbocycles. The van der Waals surface area contributed by atoms with E-state index in [1.54, 1.807) is 48.5 Å². The van der Waals surface area contributed by atoms with Crippen LogP contribution in [0.15, 0.2) is 53.4 Å². The van der Waals surface area contributed by atoms with Gasteiger partial charge in [-0.2, -0.15) is 0 Å². The van der Waals surface area contributed by atoms with Gasteiger partial charge in [0.15, 0.2) is 6.61 Å². The summed E-state index contributed by atoms with van der Waals surface area (Å²) < 4.78 is 5.18. The van der Waals surface area contributed by atoms with Crippen LogP contribution in [0.3, 0.4) is 0 Å². The second kappa shape index (κ2) is 8.28. The highest BCUT2D eigenvalue weighted by Gasteiger charge is 2.34. The van der Waals surface area contributed by atoms with Crippen LogP contribution in [0.5, 0.6) is 5.75 Å². The molecule has 0 aromatic heterocycles. The summed E-state index contributed by atoms with van der Waals surface area (Å²) >= 11 is 6.84. The molecule has 0 radical (unpaired) electrons. The van der Waals surface area contributed by atoms with E-state index in [1.165, 1.54) is 4.90 Å². The zero-order chi connectivity index (χ0) is 19.4. The summed E-state index contributed by atoms with van der Waals surface area (Å²) in [4.78, 5) is 37.0. The van der Waals surface area contributed by atoms with Crippen molar-refractivity contribution in [3.05, 3.63) is 69.6 Å². The lowest BCUT2D eigenvalue weighted by atomic mass is 10.2. The third-order valence-corrected chi connectivity index (χ3v) is 4.80. The third kappa shape index (κ3) is 4.90. The number of ether oxygens (including phenoxy) is 1. The topological polar surface area (TPSA) is 89.7 Å². The zero-order valence-corrected chi connectivity index (χ0v) is 15.6. The van der Waals surface area contributed by atoms with Gasteiger partial charge in [-0.1, -0.05) is 35.9 Å².